The molecule has 6 heteroatoms. The summed E-state index contributed by atoms with van der Waals surface area (Å²) in [4.78, 5) is 10.4. The van der Waals surface area contributed by atoms with Gasteiger partial charge in [-0.25, -0.2) is 0 Å². The van der Waals surface area contributed by atoms with Crippen LogP contribution in [0.4, 0.5) is 13.2 Å². The molecule has 1 heterocycles. The SMILES string of the molecule is O=C(O)CCCc1ccc2oc(C(F)(F)F)cc2c1. The van der Waals surface area contributed by atoms with Crippen molar-refractivity contribution in [2.45, 2.75) is 25.4 Å². The van der Waals surface area contributed by atoms with Gasteiger partial charge >= 0.3 is 12.1 Å². The molecular weight excluding hydrogens is 261 g/mol. The van der Waals surface area contributed by atoms with Crippen molar-refractivity contribution >= 4 is 16.9 Å². The summed E-state index contributed by atoms with van der Waals surface area (Å²) in [5, 5.41) is 8.89. The Labute approximate surface area is 106 Å². The summed E-state index contributed by atoms with van der Waals surface area (Å²) < 4.78 is 42.1. The Morgan fingerprint density at radius 3 is 2.63 bits per heavy atom. The zero-order chi connectivity index (χ0) is 14.0. The van der Waals surface area contributed by atoms with E-state index in [9.17, 15) is 18.0 Å². The van der Waals surface area contributed by atoms with E-state index in [1.54, 1.807) is 12.1 Å². The zero-order valence-corrected chi connectivity index (χ0v) is 9.83. The van der Waals surface area contributed by atoms with Gasteiger partial charge in [0.2, 0.25) is 5.76 Å². The first kappa shape index (κ1) is 13.5. The molecule has 0 aliphatic rings. The predicted molar refractivity (Wildman–Crippen MR) is 61.8 cm³/mol. The van der Waals surface area contributed by atoms with E-state index in [0.717, 1.165) is 11.6 Å². The lowest BCUT2D eigenvalue weighted by atomic mass is 10.1. The molecule has 1 N–H and O–H groups in total. The van der Waals surface area contributed by atoms with Gasteiger partial charge in [0, 0.05) is 11.8 Å². The summed E-state index contributed by atoms with van der Waals surface area (Å²) in [5.74, 6) is -1.91. The highest BCUT2D eigenvalue weighted by Gasteiger charge is 2.35. The van der Waals surface area contributed by atoms with Crippen LogP contribution in [0.25, 0.3) is 11.0 Å². The van der Waals surface area contributed by atoms with Gasteiger partial charge in [-0.1, -0.05) is 6.07 Å². The van der Waals surface area contributed by atoms with Crippen molar-refractivity contribution < 1.29 is 27.5 Å². The minimum atomic E-state index is -4.50. The quantitative estimate of drug-likeness (QED) is 0.919. The molecule has 0 unspecified atom stereocenters. The van der Waals surface area contributed by atoms with E-state index in [-0.39, 0.29) is 12.0 Å². The largest absolute Gasteiger partial charge is 0.481 e. The number of carbonyl (C=O) groups is 1. The topological polar surface area (TPSA) is 50.4 Å². The van der Waals surface area contributed by atoms with Crippen LogP contribution >= 0.6 is 0 Å². The maximum Gasteiger partial charge on any atom is 0.449 e. The number of benzene rings is 1. The molecule has 102 valence electrons. The first-order valence-corrected chi connectivity index (χ1v) is 5.68. The summed E-state index contributed by atoms with van der Waals surface area (Å²) in [5.41, 5.74) is 0.970. The molecule has 2 aromatic rings. The third-order valence-electron chi connectivity index (χ3n) is 2.72. The van der Waals surface area contributed by atoms with Crippen molar-refractivity contribution in [3.63, 3.8) is 0 Å². The van der Waals surface area contributed by atoms with Gasteiger partial charge in [0.1, 0.15) is 5.58 Å². The van der Waals surface area contributed by atoms with Crippen LogP contribution in [0.15, 0.2) is 28.7 Å². The van der Waals surface area contributed by atoms with Crippen LogP contribution in [0.2, 0.25) is 0 Å². The predicted octanol–water partition coefficient (Wildman–Crippen LogP) is 3.86. The van der Waals surface area contributed by atoms with Crippen LogP contribution in [0.5, 0.6) is 0 Å². The molecule has 0 fully saturated rings. The Morgan fingerprint density at radius 1 is 1.26 bits per heavy atom. The van der Waals surface area contributed by atoms with E-state index in [0.29, 0.717) is 18.2 Å². The maximum absolute atomic E-state index is 12.5. The van der Waals surface area contributed by atoms with Crippen LogP contribution in [0, 0.1) is 0 Å². The molecule has 1 aromatic carbocycles. The van der Waals surface area contributed by atoms with Crippen LogP contribution in [-0.4, -0.2) is 11.1 Å². The number of aliphatic carboxylic acids is 1. The first-order chi connectivity index (χ1) is 8.86. The smallest absolute Gasteiger partial charge is 0.449 e. The maximum atomic E-state index is 12.5. The minimum Gasteiger partial charge on any atom is -0.481 e. The standard InChI is InChI=1S/C13H11F3O3/c14-13(15,16)11-7-9-6-8(2-1-3-12(17)18)4-5-10(9)19-11/h4-7H,1-3H2,(H,17,18). The third-order valence-corrected chi connectivity index (χ3v) is 2.72. The summed E-state index contributed by atoms with van der Waals surface area (Å²) in [7, 11) is 0. The Kier molecular flexibility index (Phi) is 3.50. The van der Waals surface area contributed by atoms with E-state index in [1.165, 1.54) is 6.07 Å². The van der Waals surface area contributed by atoms with Crippen LogP contribution in [-0.2, 0) is 17.4 Å². The summed E-state index contributed by atoms with van der Waals surface area (Å²) in [6.07, 6.45) is -3.50. The minimum absolute atomic E-state index is 0.0389. The van der Waals surface area contributed by atoms with Gasteiger partial charge in [0.25, 0.3) is 0 Å². The second kappa shape index (κ2) is 4.95. The van der Waals surface area contributed by atoms with Crippen molar-refractivity contribution in [2.75, 3.05) is 0 Å². The van der Waals surface area contributed by atoms with E-state index in [1.807, 2.05) is 0 Å². The normalized spacial score (nSPS) is 11.9. The number of hydrogen-bond donors (Lipinski definition) is 1. The molecule has 0 spiro atoms. The molecule has 1 aromatic heterocycles. The van der Waals surface area contributed by atoms with Gasteiger partial charge in [0.15, 0.2) is 0 Å². The second-order valence-electron chi connectivity index (χ2n) is 4.23. The third kappa shape index (κ3) is 3.27. The molecule has 2 rings (SSSR count). The van der Waals surface area contributed by atoms with Crippen LogP contribution in [0.3, 0.4) is 0 Å². The van der Waals surface area contributed by atoms with E-state index < -0.39 is 17.9 Å². The number of aryl methyl sites for hydroxylation is 1. The number of furan rings is 1. The molecule has 0 amide bonds. The monoisotopic (exact) mass is 272 g/mol. The Morgan fingerprint density at radius 2 is 2.00 bits per heavy atom. The Hall–Kier alpha value is -1.98. The fourth-order valence-electron chi connectivity index (χ4n) is 1.83. The molecule has 0 aliphatic heterocycles. The molecule has 3 nitrogen and oxygen atoms in total. The van der Waals surface area contributed by atoms with Gasteiger partial charge in [0.05, 0.1) is 0 Å². The number of carboxylic acid groups (broad SMARTS) is 1. The fraction of sp³-hybridized carbons (Fsp3) is 0.308. The molecule has 0 saturated heterocycles. The van der Waals surface area contributed by atoms with Crippen molar-refractivity contribution in [1.29, 1.82) is 0 Å². The van der Waals surface area contributed by atoms with Gasteiger partial charge < -0.3 is 9.52 Å². The van der Waals surface area contributed by atoms with E-state index >= 15 is 0 Å². The van der Waals surface area contributed by atoms with Crippen molar-refractivity contribution in [3.05, 3.63) is 35.6 Å². The zero-order valence-electron chi connectivity index (χ0n) is 9.83. The highest BCUT2D eigenvalue weighted by Crippen LogP contribution is 2.34. The number of halogens is 3. The number of carboxylic acids is 1. The lowest BCUT2D eigenvalue weighted by Crippen LogP contribution is -2.01. The van der Waals surface area contributed by atoms with Crippen molar-refractivity contribution in [2.24, 2.45) is 0 Å². The molecule has 0 atom stereocenters. The number of fused-ring (bicyclic) bond motifs is 1. The summed E-state index contributed by atoms with van der Waals surface area (Å²) >= 11 is 0. The van der Waals surface area contributed by atoms with E-state index in [4.69, 9.17) is 9.52 Å². The molecule has 0 bridgehead atoms. The second-order valence-corrected chi connectivity index (χ2v) is 4.23. The molecule has 0 aliphatic carbocycles. The lowest BCUT2D eigenvalue weighted by molar-refractivity contribution is -0.152. The van der Waals surface area contributed by atoms with Gasteiger partial charge in [-0.2, -0.15) is 13.2 Å². The highest BCUT2D eigenvalue weighted by atomic mass is 19.4. The number of alkyl halides is 3. The fourth-order valence-corrected chi connectivity index (χ4v) is 1.83. The average molecular weight is 272 g/mol. The average Bonchev–Trinajstić information content (AvgIpc) is 2.71. The number of rotatable bonds is 4. The van der Waals surface area contributed by atoms with Crippen LogP contribution in [0.1, 0.15) is 24.2 Å². The molecule has 0 radical (unpaired) electrons. The van der Waals surface area contributed by atoms with Gasteiger partial charge in [-0.15, -0.1) is 0 Å². The molecule has 19 heavy (non-hydrogen) atoms. The van der Waals surface area contributed by atoms with Crippen LogP contribution < -0.4 is 0 Å². The van der Waals surface area contributed by atoms with Gasteiger partial charge in [-0.05, 0) is 36.6 Å². The highest BCUT2D eigenvalue weighted by molar-refractivity contribution is 5.78. The van der Waals surface area contributed by atoms with E-state index in [2.05, 4.69) is 0 Å². The molecule has 0 saturated carbocycles. The summed E-state index contributed by atoms with van der Waals surface area (Å²) in [6, 6.07) is 5.67. The number of hydrogen-bond acceptors (Lipinski definition) is 2. The van der Waals surface area contributed by atoms with Crippen molar-refractivity contribution in [1.82, 2.24) is 0 Å². The summed E-state index contributed by atoms with van der Waals surface area (Å²) in [6.45, 7) is 0. The Bertz CT molecular complexity index is 599. The lowest BCUT2D eigenvalue weighted by Gasteiger charge is -1.99. The van der Waals surface area contributed by atoms with Gasteiger partial charge in [-0.3, -0.25) is 4.79 Å². The van der Waals surface area contributed by atoms with Crippen molar-refractivity contribution in [3.8, 4) is 0 Å². The Balaban J connectivity index is 2.18. The first-order valence-electron chi connectivity index (χ1n) is 5.68. The molecular formula is C13H11F3O3.